The minimum absolute atomic E-state index is 0.721. The molecular formula is C68H41BrN4. The van der Waals surface area contributed by atoms with Crippen LogP contribution < -0.4 is 0 Å². The standard InChI is InChI=1S/C45H27N3.C12H6.C11H8BrN/c1-4-28-46-43(7-1)40-22-16-34(17-23-40)10-13-37-31-38(14-11-35-18-24-41(25-19-35)44-8-2-5-29-47-44)33-39(32-37)15-12-36-20-26-42(27-21-36)45-9-3-6-30-48-45;1-4-10-7-11(5-2)9-12(6-3)8-10;12-10-6-4-9(5-7-10)11-3-1-2-8-13-11/h1-9,16-33H;1-3,7-9H;1-8H. The molecule has 0 N–H and O–H groups in total. The molecule has 4 heterocycles. The molecule has 0 spiro atoms. The Kier molecular flexibility index (Phi) is 17.1. The molecule has 0 amide bonds. The van der Waals surface area contributed by atoms with Gasteiger partial charge in [0.15, 0.2) is 0 Å². The van der Waals surface area contributed by atoms with Crippen LogP contribution in [0.3, 0.4) is 0 Å². The minimum atomic E-state index is 0.721. The molecule has 73 heavy (non-hydrogen) atoms. The van der Waals surface area contributed by atoms with E-state index in [-0.39, 0.29) is 0 Å². The lowest BCUT2D eigenvalue weighted by Gasteiger charge is -2.01. The monoisotopic (exact) mass is 992 g/mol. The van der Waals surface area contributed by atoms with E-state index in [0.717, 1.165) is 99.6 Å². The Hall–Kier alpha value is -10.2. The molecule has 340 valence electrons. The fourth-order valence-electron chi connectivity index (χ4n) is 7.08. The number of rotatable bonds is 4. The highest BCUT2D eigenvalue weighted by atomic mass is 79.9. The van der Waals surface area contributed by atoms with Crippen LogP contribution in [0.25, 0.3) is 45.0 Å². The first-order valence-electron chi connectivity index (χ1n) is 22.9. The zero-order valence-electron chi connectivity index (χ0n) is 39.3. The van der Waals surface area contributed by atoms with Crippen LogP contribution in [0.4, 0.5) is 0 Å². The summed E-state index contributed by atoms with van der Waals surface area (Å²) in [5.74, 6) is 27.4. The van der Waals surface area contributed by atoms with E-state index in [0.29, 0.717) is 0 Å². The summed E-state index contributed by atoms with van der Waals surface area (Å²) in [6.07, 6.45) is 22.8. The number of halogens is 1. The van der Waals surface area contributed by atoms with Crippen molar-refractivity contribution >= 4 is 15.9 Å². The molecule has 0 aliphatic rings. The van der Waals surface area contributed by atoms with Gasteiger partial charge in [-0.25, -0.2) is 0 Å². The van der Waals surface area contributed by atoms with Gasteiger partial charge in [-0.05, 0) is 133 Å². The molecular weight excluding hydrogens is 953 g/mol. The predicted molar refractivity (Wildman–Crippen MR) is 301 cm³/mol. The van der Waals surface area contributed by atoms with E-state index in [9.17, 15) is 0 Å². The summed E-state index contributed by atoms with van der Waals surface area (Å²) in [5.41, 5.74) is 15.6. The quantitative estimate of drug-likeness (QED) is 0.165. The van der Waals surface area contributed by atoms with Crippen molar-refractivity contribution in [2.45, 2.75) is 0 Å². The van der Waals surface area contributed by atoms with Crippen molar-refractivity contribution in [1.29, 1.82) is 0 Å². The molecule has 10 aromatic rings. The number of aromatic nitrogens is 4. The third-order valence-electron chi connectivity index (χ3n) is 10.8. The number of nitrogens with zero attached hydrogens (tertiary/aromatic N) is 4. The molecule has 0 saturated carbocycles. The second kappa shape index (κ2) is 25.4. The summed E-state index contributed by atoms with van der Waals surface area (Å²) < 4.78 is 1.09. The minimum Gasteiger partial charge on any atom is -0.256 e. The summed E-state index contributed by atoms with van der Waals surface area (Å²) >= 11 is 3.40. The van der Waals surface area contributed by atoms with Crippen LogP contribution in [-0.2, 0) is 0 Å². The van der Waals surface area contributed by atoms with Crippen LogP contribution in [0.15, 0.2) is 236 Å². The molecule has 6 aromatic carbocycles. The van der Waals surface area contributed by atoms with E-state index in [1.165, 1.54) is 0 Å². The summed E-state index contributed by atoms with van der Waals surface area (Å²) in [4.78, 5) is 17.6. The number of pyridine rings is 4. The van der Waals surface area contributed by atoms with E-state index in [1.807, 2.05) is 188 Å². The van der Waals surface area contributed by atoms with Crippen molar-refractivity contribution in [2.75, 3.05) is 0 Å². The number of terminal acetylenes is 3. The average molecular weight is 994 g/mol. The van der Waals surface area contributed by atoms with Crippen molar-refractivity contribution in [3.63, 3.8) is 0 Å². The van der Waals surface area contributed by atoms with Gasteiger partial charge in [-0.1, -0.05) is 142 Å². The molecule has 0 atom stereocenters. The van der Waals surface area contributed by atoms with Crippen molar-refractivity contribution in [3.8, 4) is 118 Å². The second-order valence-electron chi connectivity index (χ2n) is 15.9. The van der Waals surface area contributed by atoms with Crippen LogP contribution >= 0.6 is 15.9 Å². The van der Waals surface area contributed by atoms with Gasteiger partial charge in [0.25, 0.3) is 0 Å². The van der Waals surface area contributed by atoms with E-state index < -0.39 is 0 Å². The van der Waals surface area contributed by atoms with Crippen LogP contribution in [-0.4, -0.2) is 19.9 Å². The molecule has 5 heteroatoms. The lowest BCUT2D eigenvalue weighted by Crippen LogP contribution is -1.86. The highest BCUT2D eigenvalue weighted by Gasteiger charge is 2.03. The Labute approximate surface area is 436 Å². The zero-order chi connectivity index (χ0) is 50.5. The first kappa shape index (κ1) is 49.2. The van der Waals surface area contributed by atoms with Gasteiger partial charge in [-0.2, -0.15) is 0 Å². The third-order valence-corrected chi connectivity index (χ3v) is 11.3. The van der Waals surface area contributed by atoms with Gasteiger partial charge in [0, 0.05) is 102 Å². The number of hydrogen-bond donors (Lipinski definition) is 0. The highest BCUT2D eigenvalue weighted by molar-refractivity contribution is 9.10. The molecule has 0 aliphatic heterocycles. The predicted octanol–water partition coefficient (Wildman–Crippen LogP) is 14.2. The summed E-state index contributed by atoms with van der Waals surface area (Å²) in [7, 11) is 0. The van der Waals surface area contributed by atoms with Gasteiger partial charge in [0.1, 0.15) is 0 Å². The van der Waals surface area contributed by atoms with Crippen LogP contribution in [0, 0.1) is 72.6 Å². The topological polar surface area (TPSA) is 51.6 Å². The van der Waals surface area contributed by atoms with Crippen molar-refractivity contribution < 1.29 is 0 Å². The van der Waals surface area contributed by atoms with E-state index >= 15 is 0 Å². The Morgan fingerprint density at radius 2 is 0.493 bits per heavy atom. The van der Waals surface area contributed by atoms with Crippen LogP contribution in [0.1, 0.15) is 50.1 Å². The first-order valence-corrected chi connectivity index (χ1v) is 23.7. The van der Waals surface area contributed by atoms with E-state index in [2.05, 4.69) is 89.1 Å². The Morgan fingerprint density at radius 3 is 0.726 bits per heavy atom. The Morgan fingerprint density at radius 1 is 0.260 bits per heavy atom. The SMILES string of the molecule is Brc1ccc(-c2ccccn2)cc1.C#Cc1cc(C#C)cc(C#C)c1.C(#Cc1cc(C#Cc2ccc(-c3ccccn3)cc2)cc(C#Cc2ccc(-c3ccccn3)cc2)c1)c1ccc(-c2ccccn2)cc1. The molecule has 4 nitrogen and oxygen atoms in total. The Balaban J connectivity index is 0.000000230. The normalized spacial score (nSPS) is 9.62. The van der Waals surface area contributed by atoms with Gasteiger partial charge in [-0.15, -0.1) is 19.3 Å². The summed E-state index contributed by atoms with van der Waals surface area (Å²) in [6.45, 7) is 0. The van der Waals surface area contributed by atoms with Crippen molar-refractivity contribution in [2.24, 2.45) is 0 Å². The van der Waals surface area contributed by atoms with Crippen LogP contribution in [0.5, 0.6) is 0 Å². The largest absolute Gasteiger partial charge is 0.256 e. The fourth-order valence-corrected chi connectivity index (χ4v) is 7.35. The van der Waals surface area contributed by atoms with Gasteiger partial charge in [-0.3, -0.25) is 19.9 Å². The smallest absolute Gasteiger partial charge is 0.0701 e. The molecule has 0 unspecified atom stereocenters. The molecule has 0 saturated heterocycles. The lowest BCUT2D eigenvalue weighted by molar-refractivity contribution is 1.33. The maximum atomic E-state index is 5.21. The van der Waals surface area contributed by atoms with Crippen LogP contribution in [0.2, 0.25) is 0 Å². The molecule has 0 fully saturated rings. The highest BCUT2D eigenvalue weighted by Crippen LogP contribution is 2.21. The van der Waals surface area contributed by atoms with Gasteiger partial charge in [0.05, 0.1) is 22.8 Å². The van der Waals surface area contributed by atoms with Crippen molar-refractivity contribution in [1.82, 2.24) is 19.9 Å². The molecule has 10 rings (SSSR count). The molecule has 4 aromatic heterocycles. The number of benzene rings is 6. The molecule has 0 bridgehead atoms. The Bertz CT molecular complexity index is 3420. The van der Waals surface area contributed by atoms with Crippen molar-refractivity contribution in [3.05, 3.63) is 286 Å². The maximum absolute atomic E-state index is 5.21. The number of hydrogen-bond acceptors (Lipinski definition) is 4. The zero-order valence-corrected chi connectivity index (χ0v) is 40.9. The third kappa shape index (κ3) is 14.6. The van der Waals surface area contributed by atoms with Gasteiger partial charge in [0.2, 0.25) is 0 Å². The maximum Gasteiger partial charge on any atom is 0.0701 e. The summed E-state index contributed by atoms with van der Waals surface area (Å²) in [6, 6.07) is 67.4. The average Bonchev–Trinajstić information content (AvgIpc) is 3.47. The fraction of sp³-hybridized carbons (Fsp3) is 0. The van der Waals surface area contributed by atoms with E-state index in [4.69, 9.17) is 19.3 Å². The molecule has 0 aliphatic carbocycles. The first-order chi connectivity index (χ1) is 35.9. The van der Waals surface area contributed by atoms with Gasteiger partial charge < -0.3 is 0 Å². The lowest BCUT2D eigenvalue weighted by atomic mass is 10.0. The van der Waals surface area contributed by atoms with Gasteiger partial charge >= 0.3 is 0 Å². The molecule has 0 radical (unpaired) electrons. The summed E-state index contributed by atoms with van der Waals surface area (Å²) in [5, 5.41) is 0. The second-order valence-corrected chi connectivity index (χ2v) is 16.8. The van der Waals surface area contributed by atoms with E-state index in [1.54, 1.807) is 43.0 Å².